The van der Waals surface area contributed by atoms with E-state index in [0.29, 0.717) is 10.8 Å². The first-order chi connectivity index (χ1) is 21.0. The fraction of sp³-hybridized carbons (Fsp3) is 0.361. The van der Waals surface area contributed by atoms with Crippen LogP contribution in [0.15, 0.2) is 60.7 Å². The van der Waals surface area contributed by atoms with E-state index in [1.54, 1.807) is 6.07 Å². The molecule has 0 radical (unpaired) electrons. The SMILES string of the molecule is Cc1ccc(-c2ccc3cc(-c4c(C5CCCCC5)c5sc(C(=O)O)cc5n4CC(=O)N4CCCCC4)ccc3n2)cc1. The molecule has 2 fully saturated rings. The summed E-state index contributed by atoms with van der Waals surface area (Å²) in [5.74, 6) is -0.454. The Hall–Kier alpha value is -3.97. The number of rotatable bonds is 6. The van der Waals surface area contributed by atoms with Crippen LogP contribution >= 0.6 is 11.3 Å². The predicted molar refractivity (Wildman–Crippen MR) is 174 cm³/mol. The number of carbonyl (C=O) groups excluding carboxylic acids is 1. The van der Waals surface area contributed by atoms with Crippen LogP contribution in [0.3, 0.4) is 0 Å². The van der Waals surface area contributed by atoms with E-state index < -0.39 is 5.97 Å². The van der Waals surface area contributed by atoms with Crippen molar-refractivity contribution in [2.24, 2.45) is 0 Å². The van der Waals surface area contributed by atoms with E-state index in [4.69, 9.17) is 4.98 Å². The van der Waals surface area contributed by atoms with Gasteiger partial charge in [0.25, 0.3) is 0 Å². The quantitative estimate of drug-likeness (QED) is 0.214. The summed E-state index contributed by atoms with van der Waals surface area (Å²) in [6, 6.07) is 20.9. The first-order valence-corrected chi connectivity index (χ1v) is 16.4. The minimum Gasteiger partial charge on any atom is -0.477 e. The van der Waals surface area contributed by atoms with Gasteiger partial charge in [-0.25, -0.2) is 9.78 Å². The molecule has 0 unspecified atom stereocenters. The molecule has 0 bridgehead atoms. The van der Waals surface area contributed by atoms with E-state index in [0.717, 1.165) is 88.8 Å². The summed E-state index contributed by atoms with van der Waals surface area (Å²) in [5.41, 5.74) is 8.41. The van der Waals surface area contributed by atoms with Crippen LogP contribution in [0.5, 0.6) is 0 Å². The van der Waals surface area contributed by atoms with Gasteiger partial charge >= 0.3 is 5.97 Å². The van der Waals surface area contributed by atoms with Crippen LogP contribution in [-0.2, 0) is 11.3 Å². The van der Waals surface area contributed by atoms with Gasteiger partial charge < -0.3 is 14.6 Å². The second-order valence-electron chi connectivity index (χ2n) is 12.2. The molecule has 5 aromatic rings. The number of pyridine rings is 1. The average Bonchev–Trinajstić information content (AvgIpc) is 3.60. The largest absolute Gasteiger partial charge is 0.477 e. The number of aromatic carboxylic acids is 1. The van der Waals surface area contributed by atoms with Crippen LogP contribution in [-0.4, -0.2) is 44.5 Å². The van der Waals surface area contributed by atoms with Crippen molar-refractivity contribution in [3.8, 4) is 22.5 Å². The number of hydrogen-bond donors (Lipinski definition) is 1. The monoisotopic (exact) mass is 591 g/mol. The summed E-state index contributed by atoms with van der Waals surface area (Å²) in [7, 11) is 0. The van der Waals surface area contributed by atoms with Gasteiger partial charge in [0.05, 0.1) is 27.1 Å². The van der Waals surface area contributed by atoms with Crippen molar-refractivity contribution in [3.05, 3.63) is 76.7 Å². The lowest BCUT2D eigenvalue weighted by Crippen LogP contribution is -2.37. The maximum Gasteiger partial charge on any atom is 0.345 e. The molecule has 43 heavy (non-hydrogen) atoms. The maximum absolute atomic E-state index is 13.7. The Morgan fingerprint density at radius 2 is 1.60 bits per heavy atom. The lowest BCUT2D eigenvalue weighted by atomic mass is 9.83. The Balaban J connectivity index is 1.38. The Labute approximate surface area is 256 Å². The number of carboxylic acids is 1. The van der Waals surface area contributed by atoms with Crippen molar-refractivity contribution >= 4 is 44.3 Å². The van der Waals surface area contributed by atoms with Crippen molar-refractivity contribution in [3.63, 3.8) is 0 Å². The molecular formula is C36H37N3O3S. The number of benzene rings is 2. The van der Waals surface area contributed by atoms with E-state index in [-0.39, 0.29) is 12.5 Å². The van der Waals surface area contributed by atoms with Gasteiger partial charge in [0.15, 0.2) is 0 Å². The molecule has 4 heterocycles. The molecule has 3 aromatic heterocycles. The molecule has 2 aromatic carbocycles. The van der Waals surface area contributed by atoms with Crippen LogP contribution < -0.4 is 0 Å². The normalized spacial score (nSPS) is 16.3. The molecule has 0 atom stereocenters. The number of amides is 1. The fourth-order valence-electron chi connectivity index (χ4n) is 7.04. The number of carboxylic acid groups (broad SMARTS) is 1. The summed E-state index contributed by atoms with van der Waals surface area (Å²) in [5, 5.41) is 11.0. The number of nitrogens with zero attached hydrogens (tertiary/aromatic N) is 3. The molecule has 1 amide bonds. The zero-order valence-electron chi connectivity index (χ0n) is 24.6. The van der Waals surface area contributed by atoms with E-state index >= 15 is 0 Å². The van der Waals surface area contributed by atoms with Gasteiger partial charge in [0.1, 0.15) is 11.4 Å². The Morgan fingerprint density at radius 3 is 2.35 bits per heavy atom. The van der Waals surface area contributed by atoms with Crippen LogP contribution in [0.25, 0.3) is 43.6 Å². The molecule has 0 spiro atoms. The number of carbonyl (C=O) groups is 2. The number of hydrogen-bond acceptors (Lipinski definition) is 4. The van der Waals surface area contributed by atoms with Crippen molar-refractivity contribution < 1.29 is 14.7 Å². The molecule has 1 saturated heterocycles. The molecule has 220 valence electrons. The minimum absolute atomic E-state index is 0.112. The third-order valence-corrected chi connectivity index (χ3v) is 10.5. The third-order valence-electron chi connectivity index (χ3n) is 9.31. The Morgan fingerprint density at radius 1 is 0.884 bits per heavy atom. The predicted octanol–water partition coefficient (Wildman–Crippen LogP) is 8.65. The summed E-state index contributed by atoms with van der Waals surface area (Å²) in [4.78, 5) is 33.1. The van der Waals surface area contributed by atoms with Crippen LogP contribution in [0, 0.1) is 6.92 Å². The zero-order valence-corrected chi connectivity index (χ0v) is 25.5. The smallest absolute Gasteiger partial charge is 0.345 e. The first kappa shape index (κ1) is 27.8. The van der Waals surface area contributed by atoms with E-state index in [2.05, 4.69) is 66.1 Å². The number of piperidine rings is 1. The van der Waals surface area contributed by atoms with Gasteiger partial charge in [-0.2, -0.15) is 0 Å². The number of aryl methyl sites for hydroxylation is 1. The van der Waals surface area contributed by atoms with Crippen LogP contribution in [0.4, 0.5) is 0 Å². The molecule has 1 aliphatic carbocycles. The maximum atomic E-state index is 13.7. The van der Waals surface area contributed by atoms with Gasteiger partial charge in [0, 0.05) is 24.0 Å². The molecule has 6 nitrogen and oxygen atoms in total. The molecule has 1 N–H and O–H groups in total. The zero-order chi connectivity index (χ0) is 29.5. The van der Waals surface area contributed by atoms with Gasteiger partial charge in [0.2, 0.25) is 5.91 Å². The lowest BCUT2D eigenvalue weighted by Gasteiger charge is -2.28. The topological polar surface area (TPSA) is 75.4 Å². The number of fused-ring (bicyclic) bond motifs is 2. The molecule has 1 saturated carbocycles. The second kappa shape index (κ2) is 11.6. The summed E-state index contributed by atoms with van der Waals surface area (Å²) in [6.07, 6.45) is 8.99. The molecule has 7 rings (SSSR count). The van der Waals surface area contributed by atoms with E-state index in [1.165, 1.54) is 41.7 Å². The Bertz CT molecular complexity index is 1820. The van der Waals surface area contributed by atoms with E-state index in [9.17, 15) is 14.7 Å². The highest BCUT2D eigenvalue weighted by atomic mass is 32.1. The van der Waals surface area contributed by atoms with Crippen molar-refractivity contribution in [1.82, 2.24) is 14.5 Å². The first-order valence-electron chi connectivity index (χ1n) is 15.6. The van der Waals surface area contributed by atoms with E-state index in [1.807, 2.05) is 4.90 Å². The van der Waals surface area contributed by atoms with Gasteiger partial charge in [-0.05, 0) is 80.3 Å². The third kappa shape index (κ3) is 5.35. The molecule has 1 aliphatic heterocycles. The highest BCUT2D eigenvalue weighted by Gasteiger charge is 2.30. The van der Waals surface area contributed by atoms with Crippen LogP contribution in [0.2, 0.25) is 0 Å². The molecule has 2 aliphatic rings. The van der Waals surface area contributed by atoms with Crippen molar-refractivity contribution in [1.29, 1.82) is 0 Å². The van der Waals surface area contributed by atoms with Crippen molar-refractivity contribution in [2.45, 2.75) is 70.8 Å². The highest BCUT2D eigenvalue weighted by molar-refractivity contribution is 7.21. The summed E-state index contributed by atoms with van der Waals surface area (Å²) >= 11 is 1.36. The lowest BCUT2D eigenvalue weighted by molar-refractivity contribution is -0.132. The fourth-order valence-corrected chi connectivity index (χ4v) is 8.16. The number of likely N-dealkylation sites (tertiary alicyclic amines) is 1. The Kier molecular flexibility index (Phi) is 7.51. The molecular weight excluding hydrogens is 554 g/mol. The average molecular weight is 592 g/mol. The van der Waals surface area contributed by atoms with Crippen molar-refractivity contribution in [2.75, 3.05) is 13.1 Å². The standard InChI is InChI=1S/C36H37N3O3S/c1-23-10-12-24(13-11-23)28-16-14-26-20-27(15-17-29(26)37-28)34-33(25-8-4-2-5-9-25)35-30(21-31(43-35)36(41)42)39(34)22-32(40)38-18-6-3-7-19-38/h10-17,20-21,25H,2-9,18-19,22H2,1H3,(H,41,42). The minimum atomic E-state index is -0.910. The van der Waals surface area contributed by atoms with Gasteiger partial charge in [-0.1, -0.05) is 61.2 Å². The van der Waals surface area contributed by atoms with Gasteiger partial charge in [-0.3, -0.25) is 4.79 Å². The van der Waals surface area contributed by atoms with Gasteiger partial charge in [-0.15, -0.1) is 11.3 Å². The molecule has 7 heteroatoms. The second-order valence-corrected chi connectivity index (χ2v) is 13.3. The number of thiophene rings is 1. The van der Waals surface area contributed by atoms with Crippen LogP contribution in [0.1, 0.15) is 78.1 Å². The number of aromatic nitrogens is 2. The summed E-state index contributed by atoms with van der Waals surface area (Å²) in [6.45, 7) is 3.90. The highest BCUT2D eigenvalue weighted by Crippen LogP contribution is 2.47. The summed E-state index contributed by atoms with van der Waals surface area (Å²) < 4.78 is 3.16.